The molecule has 2 atom stereocenters. The van der Waals surface area contributed by atoms with Gasteiger partial charge in [-0.05, 0) is 43.2 Å². The highest BCUT2D eigenvalue weighted by atomic mass is 15.0. The molecule has 14 heavy (non-hydrogen) atoms. The summed E-state index contributed by atoms with van der Waals surface area (Å²) >= 11 is 0. The van der Waals surface area contributed by atoms with Crippen molar-refractivity contribution in [3.8, 4) is 0 Å². The van der Waals surface area contributed by atoms with Gasteiger partial charge in [0.2, 0.25) is 0 Å². The molecule has 1 aromatic rings. The molecule has 3 N–H and O–H groups in total. The highest BCUT2D eigenvalue weighted by Crippen LogP contribution is 2.52. The van der Waals surface area contributed by atoms with E-state index in [4.69, 9.17) is 5.73 Å². The maximum absolute atomic E-state index is 5.62. The highest BCUT2D eigenvalue weighted by molar-refractivity contribution is 5.43. The third-order valence-corrected chi connectivity index (χ3v) is 3.37. The van der Waals surface area contributed by atoms with Crippen molar-refractivity contribution >= 4 is 11.6 Å². The SMILES string of the molecule is Nc1cccc(NC2CC3CC3C2)n1. The van der Waals surface area contributed by atoms with Crippen molar-refractivity contribution < 1.29 is 0 Å². The first-order chi connectivity index (χ1) is 6.81. The minimum atomic E-state index is 0.596. The molecule has 3 rings (SSSR count). The molecule has 2 aliphatic carbocycles. The molecule has 74 valence electrons. The lowest BCUT2D eigenvalue weighted by molar-refractivity contribution is 0.649. The van der Waals surface area contributed by atoms with Crippen LogP contribution in [0.15, 0.2) is 18.2 Å². The Kier molecular flexibility index (Phi) is 1.66. The van der Waals surface area contributed by atoms with Crippen molar-refractivity contribution in [2.24, 2.45) is 11.8 Å². The Balaban J connectivity index is 1.66. The van der Waals surface area contributed by atoms with Gasteiger partial charge in [-0.2, -0.15) is 0 Å². The third kappa shape index (κ3) is 1.43. The van der Waals surface area contributed by atoms with Gasteiger partial charge in [-0.1, -0.05) is 6.07 Å². The summed E-state index contributed by atoms with van der Waals surface area (Å²) in [5.74, 6) is 3.54. The molecule has 2 aliphatic rings. The van der Waals surface area contributed by atoms with E-state index >= 15 is 0 Å². The van der Waals surface area contributed by atoms with E-state index in [1.165, 1.54) is 19.3 Å². The Hall–Kier alpha value is -1.25. The quantitative estimate of drug-likeness (QED) is 0.746. The topological polar surface area (TPSA) is 50.9 Å². The molecule has 0 aliphatic heterocycles. The van der Waals surface area contributed by atoms with Crippen LogP contribution in [0.5, 0.6) is 0 Å². The van der Waals surface area contributed by atoms with Crippen molar-refractivity contribution in [1.82, 2.24) is 4.98 Å². The van der Waals surface area contributed by atoms with Gasteiger partial charge < -0.3 is 11.1 Å². The van der Waals surface area contributed by atoms with Crippen LogP contribution in [0.4, 0.5) is 11.6 Å². The monoisotopic (exact) mass is 189 g/mol. The normalized spacial score (nSPS) is 33.9. The number of rotatable bonds is 2. The lowest BCUT2D eigenvalue weighted by atomic mass is 10.1. The average Bonchev–Trinajstić information content (AvgIpc) is 2.74. The minimum Gasteiger partial charge on any atom is -0.384 e. The fourth-order valence-corrected chi connectivity index (χ4v) is 2.57. The molecule has 0 amide bonds. The zero-order chi connectivity index (χ0) is 9.54. The molecule has 2 unspecified atom stereocenters. The number of anilines is 2. The van der Waals surface area contributed by atoms with Gasteiger partial charge in [0.25, 0.3) is 0 Å². The van der Waals surface area contributed by atoms with E-state index in [0.29, 0.717) is 11.9 Å². The largest absolute Gasteiger partial charge is 0.384 e. The summed E-state index contributed by atoms with van der Waals surface area (Å²) < 4.78 is 0. The summed E-state index contributed by atoms with van der Waals surface area (Å²) in [6.45, 7) is 0. The lowest BCUT2D eigenvalue weighted by Crippen LogP contribution is -2.17. The summed E-state index contributed by atoms with van der Waals surface area (Å²) in [5.41, 5.74) is 5.62. The van der Waals surface area contributed by atoms with Gasteiger partial charge in [0, 0.05) is 6.04 Å². The molecule has 1 aromatic heterocycles. The van der Waals surface area contributed by atoms with Gasteiger partial charge >= 0.3 is 0 Å². The molecule has 0 radical (unpaired) electrons. The second-order valence-electron chi connectivity index (χ2n) is 4.52. The van der Waals surface area contributed by atoms with E-state index in [1.807, 2.05) is 18.2 Å². The number of nitrogens with one attached hydrogen (secondary N) is 1. The van der Waals surface area contributed by atoms with Gasteiger partial charge in [-0.3, -0.25) is 0 Å². The standard InChI is InChI=1S/C11H15N3/c12-10-2-1-3-11(14-10)13-9-5-7-4-8(7)6-9/h1-3,7-9H,4-6H2,(H3,12,13,14). The van der Waals surface area contributed by atoms with E-state index in [1.54, 1.807) is 0 Å². The summed E-state index contributed by atoms with van der Waals surface area (Å²) in [5, 5.41) is 3.45. The number of nitrogens with two attached hydrogens (primary N) is 1. The minimum absolute atomic E-state index is 0.596. The Labute approximate surface area is 83.7 Å². The zero-order valence-electron chi connectivity index (χ0n) is 8.11. The number of pyridine rings is 1. The number of nitrogens with zero attached hydrogens (tertiary/aromatic N) is 1. The van der Waals surface area contributed by atoms with Crippen molar-refractivity contribution in [1.29, 1.82) is 0 Å². The van der Waals surface area contributed by atoms with E-state index in [9.17, 15) is 0 Å². The van der Waals surface area contributed by atoms with Gasteiger partial charge in [0.15, 0.2) is 0 Å². The summed E-state index contributed by atoms with van der Waals surface area (Å²) in [6, 6.07) is 6.38. The molecule has 0 saturated heterocycles. The van der Waals surface area contributed by atoms with Crippen LogP contribution in [0, 0.1) is 11.8 Å². The van der Waals surface area contributed by atoms with Crippen LogP contribution >= 0.6 is 0 Å². The highest BCUT2D eigenvalue weighted by Gasteiger charge is 2.45. The molecular weight excluding hydrogens is 174 g/mol. The van der Waals surface area contributed by atoms with Crippen molar-refractivity contribution in [2.45, 2.75) is 25.3 Å². The van der Waals surface area contributed by atoms with Crippen LogP contribution < -0.4 is 11.1 Å². The fraction of sp³-hybridized carbons (Fsp3) is 0.545. The van der Waals surface area contributed by atoms with E-state index in [-0.39, 0.29) is 0 Å². The molecule has 3 nitrogen and oxygen atoms in total. The molecule has 2 saturated carbocycles. The number of nitrogen functional groups attached to an aromatic ring is 1. The third-order valence-electron chi connectivity index (χ3n) is 3.37. The van der Waals surface area contributed by atoms with Crippen LogP contribution in [0.1, 0.15) is 19.3 Å². The van der Waals surface area contributed by atoms with Crippen LogP contribution in [-0.4, -0.2) is 11.0 Å². The van der Waals surface area contributed by atoms with Crippen LogP contribution in [0.2, 0.25) is 0 Å². The zero-order valence-corrected chi connectivity index (χ0v) is 8.11. The van der Waals surface area contributed by atoms with Crippen LogP contribution in [-0.2, 0) is 0 Å². The Morgan fingerprint density at radius 1 is 1.21 bits per heavy atom. The molecular formula is C11H15N3. The first kappa shape index (κ1) is 8.09. The maximum atomic E-state index is 5.62. The molecule has 0 bridgehead atoms. The van der Waals surface area contributed by atoms with E-state index in [0.717, 1.165) is 17.7 Å². The van der Waals surface area contributed by atoms with Crippen molar-refractivity contribution in [3.05, 3.63) is 18.2 Å². The van der Waals surface area contributed by atoms with Crippen LogP contribution in [0.3, 0.4) is 0 Å². The average molecular weight is 189 g/mol. The summed E-state index contributed by atoms with van der Waals surface area (Å²) in [6.07, 6.45) is 4.10. The molecule has 0 spiro atoms. The Bertz CT molecular complexity index is 340. The predicted octanol–water partition coefficient (Wildman–Crippen LogP) is 1.87. The molecule has 2 fully saturated rings. The first-order valence-electron chi connectivity index (χ1n) is 5.30. The second-order valence-corrected chi connectivity index (χ2v) is 4.52. The summed E-state index contributed by atoms with van der Waals surface area (Å²) in [4.78, 5) is 4.24. The molecule has 1 heterocycles. The smallest absolute Gasteiger partial charge is 0.128 e. The molecule has 0 aromatic carbocycles. The maximum Gasteiger partial charge on any atom is 0.128 e. The Morgan fingerprint density at radius 3 is 2.71 bits per heavy atom. The van der Waals surface area contributed by atoms with Gasteiger partial charge in [0.1, 0.15) is 11.6 Å². The van der Waals surface area contributed by atoms with E-state index in [2.05, 4.69) is 10.3 Å². The fourth-order valence-electron chi connectivity index (χ4n) is 2.57. The van der Waals surface area contributed by atoms with Crippen molar-refractivity contribution in [3.63, 3.8) is 0 Å². The second kappa shape index (κ2) is 2.87. The van der Waals surface area contributed by atoms with Gasteiger partial charge in [-0.25, -0.2) is 4.98 Å². The number of hydrogen-bond donors (Lipinski definition) is 2. The Morgan fingerprint density at radius 2 is 2.00 bits per heavy atom. The summed E-state index contributed by atoms with van der Waals surface area (Å²) in [7, 11) is 0. The van der Waals surface area contributed by atoms with Gasteiger partial charge in [-0.15, -0.1) is 0 Å². The molecule has 3 heteroatoms. The predicted molar refractivity (Wildman–Crippen MR) is 56.9 cm³/mol. The van der Waals surface area contributed by atoms with Crippen molar-refractivity contribution in [2.75, 3.05) is 11.1 Å². The number of fused-ring (bicyclic) bond motifs is 1. The van der Waals surface area contributed by atoms with E-state index < -0.39 is 0 Å². The first-order valence-corrected chi connectivity index (χ1v) is 5.30. The van der Waals surface area contributed by atoms with Crippen LogP contribution in [0.25, 0.3) is 0 Å². The van der Waals surface area contributed by atoms with Gasteiger partial charge in [0.05, 0.1) is 0 Å². The lowest BCUT2D eigenvalue weighted by Gasteiger charge is -2.14. The number of aromatic nitrogens is 1. The number of hydrogen-bond acceptors (Lipinski definition) is 3.